The first-order chi connectivity index (χ1) is 13.6. The molecule has 0 radical (unpaired) electrons. The minimum atomic E-state index is -3.80. The molecule has 29 heavy (non-hydrogen) atoms. The Morgan fingerprint density at radius 2 is 1.34 bits per heavy atom. The predicted octanol–water partition coefficient (Wildman–Crippen LogP) is 3.12. The van der Waals surface area contributed by atoms with Crippen molar-refractivity contribution < 1.29 is 16.8 Å². The molecule has 0 aliphatic heterocycles. The molecule has 0 aliphatic rings. The van der Waals surface area contributed by atoms with Gasteiger partial charge in [0, 0.05) is 24.1 Å². The molecule has 0 fully saturated rings. The molecule has 1 aromatic heterocycles. The van der Waals surface area contributed by atoms with Crippen molar-refractivity contribution in [3.05, 3.63) is 66.0 Å². The average molecular weight is 435 g/mol. The highest BCUT2D eigenvalue weighted by atomic mass is 32.2. The fourth-order valence-electron chi connectivity index (χ4n) is 2.67. The van der Waals surface area contributed by atoms with E-state index in [0.717, 1.165) is 5.56 Å². The zero-order valence-corrected chi connectivity index (χ0v) is 17.9. The second-order valence-corrected chi connectivity index (χ2v) is 9.87. The monoisotopic (exact) mass is 434 g/mol. The van der Waals surface area contributed by atoms with E-state index < -0.39 is 20.0 Å². The largest absolute Gasteiger partial charge is 0.280 e. The summed E-state index contributed by atoms with van der Waals surface area (Å²) in [6, 6.07) is 12.5. The van der Waals surface area contributed by atoms with Crippen LogP contribution >= 0.6 is 0 Å². The first kappa shape index (κ1) is 20.9. The van der Waals surface area contributed by atoms with Gasteiger partial charge in [-0.3, -0.25) is 14.1 Å². The minimum Gasteiger partial charge on any atom is -0.280 e. The second-order valence-electron chi connectivity index (χ2n) is 6.54. The Bertz CT molecular complexity index is 1210. The maximum absolute atomic E-state index is 12.6. The van der Waals surface area contributed by atoms with Crippen LogP contribution in [0.5, 0.6) is 0 Å². The summed E-state index contributed by atoms with van der Waals surface area (Å²) in [5.74, 6) is 0. The Labute approximate surface area is 170 Å². The second kappa shape index (κ2) is 7.88. The van der Waals surface area contributed by atoms with Crippen molar-refractivity contribution in [2.24, 2.45) is 0 Å². The molecule has 0 saturated carbocycles. The van der Waals surface area contributed by atoms with Crippen LogP contribution in [0, 0.1) is 13.8 Å². The summed E-state index contributed by atoms with van der Waals surface area (Å²) in [4.78, 5) is 0.250. The zero-order valence-electron chi connectivity index (χ0n) is 16.2. The lowest BCUT2D eigenvalue weighted by atomic mass is 10.2. The van der Waals surface area contributed by atoms with Crippen molar-refractivity contribution in [2.75, 3.05) is 9.44 Å². The van der Waals surface area contributed by atoms with Crippen molar-refractivity contribution >= 4 is 31.4 Å². The van der Waals surface area contributed by atoms with Crippen molar-refractivity contribution in [1.29, 1.82) is 0 Å². The minimum absolute atomic E-state index is 0.100. The van der Waals surface area contributed by atoms with Crippen molar-refractivity contribution in [3.63, 3.8) is 0 Å². The van der Waals surface area contributed by atoms with Crippen molar-refractivity contribution in [1.82, 2.24) is 9.78 Å². The number of hydrogen-bond acceptors (Lipinski definition) is 5. The quantitative estimate of drug-likeness (QED) is 0.594. The van der Waals surface area contributed by atoms with E-state index in [9.17, 15) is 16.8 Å². The van der Waals surface area contributed by atoms with Crippen molar-refractivity contribution in [2.45, 2.75) is 37.1 Å². The Morgan fingerprint density at radius 3 is 1.83 bits per heavy atom. The van der Waals surface area contributed by atoms with Crippen LogP contribution in [0.3, 0.4) is 0 Å². The van der Waals surface area contributed by atoms with Crippen LogP contribution < -0.4 is 9.44 Å². The molecule has 0 amide bonds. The fraction of sp³-hybridized carbons (Fsp3) is 0.211. The molecule has 10 heteroatoms. The van der Waals surface area contributed by atoms with Crippen LogP contribution in [0.4, 0.5) is 11.4 Å². The van der Waals surface area contributed by atoms with E-state index in [1.807, 2.05) is 13.8 Å². The molecule has 0 bridgehead atoms. The van der Waals surface area contributed by atoms with E-state index in [2.05, 4.69) is 14.5 Å². The van der Waals surface area contributed by atoms with Gasteiger partial charge in [-0.25, -0.2) is 16.8 Å². The van der Waals surface area contributed by atoms with E-state index in [-0.39, 0.29) is 9.79 Å². The van der Waals surface area contributed by atoms with Gasteiger partial charge in [-0.05, 0) is 57.2 Å². The molecular formula is C19H22N4O4S2. The average Bonchev–Trinajstić information content (AvgIpc) is 3.05. The van der Waals surface area contributed by atoms with Gasteiger partial charge >= 0.3 is 0 Å². The summed E-state index contributed by atoms with van der Waals surface area (Å²) in [7, 11) is -7.53. The molecule has 2 N–H and O–H groups in total. The maximum Gasteiger partial charge on any atom is 0.265 e. The highest BCUT2D eigenvalue weighted by Gasteiger charge is 2.20. The lowest BCUT2D eigenvalue weighted by Gasteiger charge is -2.10. The number of anilines is 2. The molecule has 3 rings (SSSR count). The number of rotatable bonds is 7. The molecule has 2 aromatic carbocycles. The Balaban J connectivity index is 1.76. The van der Waals surface area contributed by atoms with Crippen LogP contribution in [0.1, 0.15) is 18.2 Å². The molecule has 0 unspecified atom stereocenters. The van der Waals surface area contributed by atoms with Gasteiger partial charge in [0.15, 0.2) is 0 Å². The van der Waals surface area contributed by atoms with Gasteiger partial charge in [0.2, 0.25) is 0 Å². The molecule has 0 spiro atoms. The van der Waals surface area contributed by atoms with Gasteiger partial charge in [-0.1, -0.05) is 17.7 Å². The normalized spacial score (nSPS) is 12.0. The van der Waals surface area contributed by atoms with E-state index in [0.29, 0.717) is 23.6 Å². The van der Waals surface area contributed by atoms with Crippen LogP contribution in [-0.2, 0) is 26.6 Å². The van der Waals surface area contributed by atoms with E-state index in [1.54, 1.807) is 23.7 Å². The maximum atomic E-state index is 12.6. The summed E-state index contributed by atoms with van der Waals surface area (Å²) in [6.45, 7) is 5.93. The SMILES string of the molecule is CCn1cc(S(=O)(=O)Nc2ccc(NS(=O)(=O)c3ccc(C)cc3)cc2)c(C)n1. The number of benzene rings is 2. The highest BCUT2D eigenvalue weighted by Crippen LogP contribution is 2.22. The van der Waals surface area contributed by atoms with Crippen LogP contribution in [0.2, 0.25) is 0 Å². The predicted molar refractivity (Wildman–Crippen MR) is 112 cm³/mol. The Hall–Kier alpha value is -2.85. The van der Waals surface area contributed by atoms with Crippen LogP contribution in [0.15, 0.2) is 64.5 Å². The standard InChI is InChI=1S/C19H22N4O4S2/c1-4-23-13-19(15(3)20-23)29(26,27)22-17-9-7-16(8-10-17)21-28(24,25)18-11-5-14(2)6-12-18/h5-13,21-22H,4H2,1-3H3. The van der Waals surface area contributed by atoms with Gasteiger partial charge in [0.1, 0.15) is 4.90 Å². The number of nitrogens with zero attached hydrogens (tertiary/aromatic N) is 2. The van der Waals surface area contributed by atoms with Gasteiger partial charge in [-0.15, -0.1) is 0 Å². The van der Waals surface area contributed by atoms with E-state index in [4.69, 9.17) is 0 Å². The van der Waals surface area contributed by atoms with E-state index >= 15 is 0 Å². The van der Waals surface area contributed by atoms with Gasteiger partial charge < -0.3 is 0 Å². The summed E-state index contributed by atoms with van der Waals surface area (Å²) in [5.41, 5.74) is 2.00. The number of nitrogens with one attached hydrogen (secondary N) is 2. The number of sulfonamides is 2. The molecule has 0 atom stereocenters. The summed E-state index contributed by atoms with van der Waals surface area (Å²) in [5, 5.41) is 4.15. The lowest BCUT2D eigenvalue weighted by Crippen LogP contribution is -2.14. The van der Waals surface area contributed by atoms with E-state index in [1.165, 1.54) is 42.6 Å². The third-order valence-corrected chi connectivity index (χ3v) is 7.12. The Kier molecular flexibility index (Phi) is 5.67. The number of aromatic nitrogens is 2. The fourth-order valence-corrected chi connectivity index (χ4v) is 4.98. The van der Waals surface area contributed by atoms with Crippen LogP contribution in [0.25, 0.3) is 0 Å². The summed E-state index contributed by atoms with van der Waals surface area (Å²) >= 11 is 0. The Morgan fingerprint density at radius 1 is 0.828 bits per heavy atom. The molecule has 0 saturated heterocycles. The first-order valence-electron chi connectivity index (χ1n) is 8.87. The van der Waals surface area contributed by atoms with Crippen LogP contribution in [-0.4, -0.2) is 26.6 Å². The number of hydrogen-bond donors (Lipinski definition) is 2. The molecule has 1 heterocycles. The molecular weight excluding hydrogens is 412 g/mol. The van der Waals surface area contributed by atoms with Gasteiger partial charge in [-0.2, -0.15) is 5.10 Å². The molecule has 3 aromatic rings. The van der Waals surface area contributed by atoms with Gasteiger partial charge in [0.05, 0.1) is 10.6 Å². The highest BCUT2D eigenvalue weighted by molar-refractivity contribution is 7.93. The van der Waals surface area contributed by atoms with Gasteiger partial charge in [0.25, 0.3) is 20.0 Å². The lowest BCUT2D eigenvalue weighted by molar-refractivity contribution is 0.599. The smallest absolute Gasteiger partial charge is 0.265 e. The third kappa shape index (κ3) is 4.77. The summed E-state index contributed by atoms with van der Waals surface area (Å²) in [6.07, 6.45) is 1.47. The third-order valence-electron chi connectivity index (χ3n) is 4.24. The van der Waals surface area contributed by atoms with Crippen molar-refractivity contribution in [3.8, 4) is 0 Å². The first-order valence-corrected chi connectivity index (χ1v) is 11.8. The topological polar surface area (TPSA) is 110 Å². The summed E-state index contributed by atoms with van der Waals surface area (Å²) < 4.78 is 56.6. The zero-order chi connectivity index (χ0) is 21.2. The molecule has 8 nitrogen and oxygen atoms in total. The number of aryl methyl sites for hydroxylation is 3. The molecule has 0 aliphatic carbocycles. The molecule has 154 valence electrons.